The number of nitrogens with zero attached hydrogens (tertiary/aromatic N) is 4. The summed E-state index contributed by atoms with van der Waals surface area (Å²) < 4.78 is 0. The number of hydrogen-bond acceptors (Lipinski definition) is 6. The van der Waals surface area contributed by atoms with Gasteiger partial charge in [-0.3, -0.25) is 4.79 Å². The molecule has 1 aromatic carbocycles. The van der Waals surface area contributed by atoms with Gasteiger partial charge in [0, 0.05) is 37.9 Å². The van der Waals surface area contributed by atoms with Gasteiger partial charge in [-0.2, -0.15) is 0 Å². The van der Waals surface area contributed by atoms with Gasteiger partial charge < -0.3 is 15.1 Å². The highest BCUT2D eigenvalue weighted by atomic mass is 32.1. The number of fused-ring (bicyclic) bond motifs is 1. The standard InChI is InChI=1S/C26H33N5OS/c1-17-8-7-11-21(18(17)2)29-25(32)23-19(3)22-24(27-16-28-26(22)33-23)31-14-12-30(13-15-31)20-9-5-4-6-10-20/h4-6,9-10,16-18,21H,7-8,11-15H2,1-3H3,(H,29,32). The van der Waals surface area contributed by atoms with Gasteiger partial charge in [-0.05, 0) is 42.9 Å². The summed E-state index contributed by atoms with van der Waals surface area (Å²) in [5, 5.41) is 4.38. The molecule has 0 spiro atoms. The van der Waals surface area contributed by atoms with E-state index < -0.39 is 0 Å². The maximum atomic E-state index is 13.3. The Morgan fingerprint density at radius 1 is 1.03 bits per heavy atom. The van der Waals surface area contributed by atoms with Crippen molar-refractivity contribution in [1.82, 2.24) is 15.3 Å². The van der Waals surface area contributed by atoms with E-state index in [2.05, 4.69) is 69.3 Å². The Hall–Kier alpha value is -2.67. The average Bonchev–Trinajstić information content (AvgIpc) is 3.19. The molecule has 2 aliphatic rings. The van der Waals surface area contributed by atoms with Crippen LogP contribution in [-0.4, -0.2) is 48.1 Å². The number of carbonyl (C=O) groups is 1. The summed E-state index contributed by atoms with van der Waals surface area (Å²) >= 11 is 1.50. The number of anilines is 2. The molecule has 3 unspecified atom stereocenters. The molecule has 0 radical (unpaired) electrons. The molecule has 1 amide bonds. The van der Waals surface area contributed by atoms with Crippen molar-refractivity contribution < 1.29 is 4.79 Å². The topological polar surface area (TPSA) is 61.4 Å². The lowest BCUT2D eigenvalue weighted by Gasteiger charge is -2.37. The number of thiophene rings is 1. The Balaban J connectivity index is 1.36. The van der Waals surface area contributed by atoms with Crippen LogP contribution in [-0.2, 0) is 0 Å². The van der Waals surface area contributed by atoms with Crippen LogP contribution in [0.25, 0.3) is 10.2 Å². The SMILES string of the molecule is Cc1c(C(=O)NC2CCCC(C)C2C)sc2ncnc(N3CCN(c4ccccc4)CC3)c12. The Morgan fingerprint density at radius 3 is 2.52 bits per heavy atom. The van der Waals surface area contributed by atoms with Crippen molar-refractivity contribution in [2.24, 2.45) is 11.8 Å². The number of rotatable bonds is 4. The zero-order chi connectivity index (χ0) is 22.9. The largest absolute Gasteiger partial charge is 0.368 e. The summed E-state index contributed by atoms with van der Waals surface area (Å²) in [4.78, 5) is 28.9. The zero-order valence-electron chi connectivity index (χ0n) is 19.8. The highest BCUT2D eigenvalue weighted by Crippen LogP contribution is 2.36. The number of aryl methyl sites for hydroxylation is 1. The molecule has 5 rings (SSSR count). The van der Waals surface area contributed by atoms with E-state index in [1.165, 1.54) is 29.9 Å². The number of aromatic nitrogens is 2. The van der Waals surface area contributed by atoms with E-state index in [1.54, 1.807) is 6.33 Å². The van der Waals surface area contributed by atoms with Crippen molar-refractivity contribution in [3.63, 3.8) is 0 Å². The van der Waals surface area contributed by atoms with Crippen molar-refractivity contribution in [2.45, 2.75) is 46.1 Å². The second-order valence-corrected chi connectivity index (χ2v) is 10.6. The maximum absolute atomic E-state index is 13.3. The second kappa shape index (κ2) is 9.29. The fourth-order valence-electron chi connectivity index (χ4n) is 5.34. The van der Waals surface area contributed by atoms with Gasteiger partial charge in [-0.1, -0.05) is 44.9 Å². The molecule has 1 saturated carbocycles. The Kier molecular flexibility index (Phi) is 6.23. The fourth-order valence-corrected chi connectivity index (χ4v) is 6.39. The lowest BCUT2D eigenvalue weighted by molar-refractivity contribution is 0.0895. The molecular weight excluding hydrogens is 430 g/mol. The van der Waals surface area contributed by atoms with Crippen LogP contribution in [0.3, 0.4) is 0 Å². The van der Waals surface area contributed by atoms with Gasteiger partial charge in [0.15, 0.2) is 0 Å². The van der Waals surface area contributed by atoms with E-state index in [-0.39, 0.29) is 11.9 Å². The van der Waals surface area contributed by atoms with Gasteiger partial charge in [0.05, 0.1) is 10.3 Å². The normalized spacial score (nSPS) is 23.7. The lowest BCUT2D eigenvalue weighted by atomic mass is 9.78. The summed E-state index contributed by atoms with van der Waals surface area (Å²) in [5.41, 5.74) is 2.27. The van der Waals surface area contributed by atoms with Crippen LogP contribution < -0.4 is 15.1 Å². The molecule has 6 nitrogen and oxygen atoms in total. The number of benzene rings is 1. The molecule has 33 heavy (non-hydrogen) atoms. The van der Waals surface area contributed by atoms with Gasteiger partial charge in [0.25, 0.3) is 5.91 Å². The molecule has 3 aromatic rings. The van der Waals surface area contributed by atoms with Crippen molar-refractivity contribution >= 4 is 39.0 Å². The zero-order valence-corrected chi connectivity index (χ0v) is 20.6. The minimum absolute atomic E-state index is 0.0429. The summed E-state index contributed by atoms with van der Waals surface area (Å²) in [7, 11) is 0. The second-order valence-electron chi connectivity index (χ2n) is 9.59. The third kappa shape index (κ3) is 4.31. The number of nitrogens with one attached hydrogen (secondary N) is 1. The predicted octanol–water partition coefficient (Wildman–Crippen LogP) is 4.88. The molecule has 3 atom stereocenters. The lowest BCUT2D eigenvalue weighted by Crippen LogP contribution is -2.46. The molecule has 0 bridgehead atoms. The molecule has 174 valence electrons. The van der Waals surface area contributed by atoms with Crippen LogP contribution in [0.2, 0.25) is 0 Å². The molecule has 1 aliphatic heterocycles. The molecule has 3 heterocycles. The van der Waals surface area contributed by atoms with Crippen molar-refractivity contribution in [1.29, 1.82) is 0 Å². The third-order valence-electron chi connectivity index (χ3n) is 7.64. The van der Waals surface area contributed by atoms with Gasteiger partial charge >= 0.3 is 0 Å². The van der Waals surface area contributed by atoms with Gasteiger partial charge in [0.2, 0.25) is 0 Å². The van der Waals surface area contributed by atoms with Crippen LogP contribution in [0, 0.1) is 18.8 Å². The molecular formula is C26H33N5OS. The first-order chi connectivity index (χ1) is 16.0. The Morgan fingerprint density at radius 2 is 1.76 bits per heavy atom. The summed E-state index contributed by atoms with van der Waals surface area (Å²) in [5.74, 6) is 2.16. The minimum atomic E-state index is 0.0429. The van der Waals surface area contributed by atoms with E-state index in [9.17, 15) is 4.79 Å². The van der Waals surface area contributed by atoms with E-state index in [1.807, 2.05) is 6.92 Å². The quantitative estimate of drug-likeness (QED) is 0.597. The van der Waals surface area contributed by atoms with Crippen molar-refractivity contribution in [3.05, 3.63) is 47.1 Å². The molecule has 2 fully saturated rings. The first-order valence-corrected chi connectivity index (χ1v) is 12.9. The number of carbonyl (C=O) groups excluding carboxylic acids is 1. The first kappa shape index (κ1) is 22.1. The smallest absolute Gasteiger partial charge is 0.261 e. The van der Waals surface area contributed by atoms with E-state index in [4.69, 9.17) is 0 Å². The number of amides is 1. The number of hydrogen-bond donors (Lipinski definition) is 1. The summed E-state index contributed by atoms with van der Waals surface area (Å²) in [6, 6.07) is 10.8. The predicted molar refractivity (Wildman–Crippen MR) is 136 cm³/mol. The van der Waals surface area contributed by atoms with Gasteiger partial charge in [0.1, 0.15) is 17.0 Å². The van der Waals surface area contributed by atoms with Crippen molar-refractivity contribution in [2.75, 3.05) is 36.0 Å². The average molecular weight is 464 g/mol. The van der Waals surface area contributed by atoms with Gasteiger partial charge in [-0.25, -0.2) is 9.97 Å². The monoisotopic (exact) mass is 463 g/mol. The van der Waals surface area contributed by atoms with Crippen molar-refractivity contribution in [3.8, 4) is 0 Å². The number of para-hydroxylation sites is 1. The third-order valence-corrected chi connectivity index (χ3v) is 8.84. The highest BCUT2D eigenvalue weighted by molar-refractivity contribution is 7.20. The molecule has 1 aliphatic carbocycles. The highest BCUT2D eigenvalue weighted by Gasteiger charge is 2.30. The molecule has 1 N–H and O–H groups in total. The van der Waals surface area contributed by atoms with Gasteiger partial charge in [-0.15, -0.1) is 11.3 Å². The van der Waals surface area contributed by atoms with Crippen LogP contribution >= 0.6 is 11.3 Å². The number of piperazine rings is 1. The Labute approximate surface area is 200 Å². The molecule has 7 heteroatoms. The van der Waals surface area contributed by atoms with Crippen LogP contribution in [0.1, 0.15) is 48.3 Å². The maximum Gasteiger partial charge on any atom is 0.261 e. The molecule has 2 aromatic heterocycles. The van der Waals surface area contributed by atoms with Crippen LogP contribution in [0.15, 0.2) is 36.7 Å². The summed E-state index contributed by atoms with van der Waals surface area (Å²) in [6.45, 7) is 10.3. The van der Waals surface area contributed by atoms with E-state index in [0.29, 0.717) is 11.8 Å². The fraction of sp³-hybridized carbons (Fsp3) is 0.500. The first-order valence-electron chi connectivity index (χ1n) is 12.1. The van der Waals surface area contributed by atoms with Crippen LogP contribution in [0.4, 0.5) is 11.5 Å². The van der Waals surface area contributed by atoms with Crippen LogP contribution in [0.5, 0.6) is 0 Å². The minimum Gasteiger partial charge on any atom is -0.368 e. The van der Waals surface area contributed by atoms with E-state index in [0.717, 1.165) is 59.1 Å². The summed E-state index contributed by atoms with van der Waals surface area (Å²) in [6.07, 6.45) is 5.15. The Bertz CT molecular complexity index is 1120. The van der Waals surface area contributed by atoms with E-state index >= 15 is 0 Å². The molecule has 1 saturated heterocycles.